The number of aromatic nitrogens is 2. The van der Waals surface area contributed by atoms with E-state index >= 15 is 0 Å². The molecule has 5 nitrogen and oxygen atoms in total. The fraction of sp³-hybridized carbons (Fsp3) is 0. The summed E-state index contributed by atoms with van der Waals surface area (Å²) in [6, 6.07) is 9.71. The number of hydrogen-bond donors (Lipinski definition) is 1. The summed E-state index contributed by atoms with van der Waals surface area (Å²) in [4.78, 5) is 11.9. The predicted molar refractivity (Wildman–Crippen MR) is 88.8 cm³/mol. The maximum atomic E-state index is 13.7. The Labute approximate surface area is 145 Å². The van der Waals surface area contributed by atoms with E-state index in [9.17, 15) is 13.6 Å². The van der Waals surface area contributed by atoms with E-state index in [4.69, 9.17) is 16.0 Å². The Morgan fingerprint density at radius 1 is 1.16 bits per heavy atom. The Bertz CT molecular complexity index is 957. The van der Waals surface area contributed by atoms with Crippen LogP contribution >= 0.6 is 11.6 Å². The van der Waals surface area contributed by atoms with Crippen molar-refractivity contribution in [1.82, 2.24) is 10.2 Å². The number of halogens is 3. The SMILES string of the molecule is O=C(/C=C/c1ccccc1Cl)Nc1nnc(-c2ccc(F)cc2F)o1. The monoisotopic (exact) mass is 361 g/mol. The minimum atomic E-state index is -0.847. The van der Waals surface area contributed by atoms with E-state index in [2.05, 4.69) is 15.5 Å². The quantitative estimate of drug-likeness (QED) is 0.703. The number of benzene rings is 2. The lowest BCUT2D eigenvalue weighted by atomic mass is 10.2. The summed E-state index contributed by atoms with van der Waals surface area (Å²) in [6.45, 7) is 0. The molecule has 0 aliphatic carbocycles. The Balaban J connectivity index is 1.71. The first-order valence-corrected chi connectivity index (χ1v) is 7.43. The molecule has 0 saturated carbocycles. The zero-order valence-electron chi connectivity index (χ0n) is 12.5. The van der Waals surface area contributed by atoms with Gasteiger partial charge in [0, 0.05) is 17.2 Å². The van der Waals surface area contributed by atoms with Crippen molar-refractivity contribution < 1.29 is 18.0 Å². The van der Waals surface area contributed by atoms with Crippen molar-refractivity contribution in [1.29, 1.82) is 0 Å². The summed E-state index contributed by atoms with van der Waals surface area (Å²) >= 11 is 5.98. The highest BCUT2D eigenvalue weighted by Crippen LogP contribution is 2.23. The highest BCUT2D eigenvalue weighted by atomic mass is 35.5. The second kappa shape index (κ2) is 7.23. The highest BCUT2D eigenvalue weighted by Gasteiger charge is 2.14. The van der Waals surface area contributed by atoms with Gasteiger partial charge in [0.05, 0.1) is 5.56 Å². The van der Waals surface area contributed by atoms with Crippen LogP contribution in [0.1, 0.15) is 5.56 Å². The third kappa shape index (κ3) is 4.07. The molecule has 0 spiro atoms. The second-order valence-corrected chi connectivity index (χ2v) is 5.29. The topological polar surface area (TPSA) is 68.0 Å². The molecule has 0 fully saturated rings. The van der Waals surface area contributed by atoms with Gasteiger partial charge < -0.3 is 4.42 Å². The van der Waals surface area contributed by atoms with Gasteiger partial charge in [-0.2, -0.15) is 0 Å². The normalized spacial score (nSPS) is 11.0. The van der Waals surface area contributed by atoms with Crippen molar-refractivity contribution >= 4 is 29.6 Å². The van der Waals surface area contributed by atoms with Crippen LogP contribution in [0.25, 0.3) is 17.5 Å². The first kappa shape index (κ1) is 16.8. The van der Waals surface area contributed by atoms with Crippen molar-refractivity contribution in [3.05, 3.63) is 70.8 Å². The van der Waals surface area contributed by atoms with Gasteiger partial charge in [-0.05, 0) is 29.8 Å². The molecule has 1 aromatic heterocycles. The number of hydrogen-bond acceptors (Lipinski definition) is 4. The molecule has 0 bridgehead atoms. The lowest BCUT2D eigenvalue weighted by Crippen LogP contribution is -2.07. The van der Waals surface area contributed by atoms with Gasteiger partial charge in [0.25, 0.3) is 11.8 Å². The Hall–Kier alpha value is -3.06. The summed E-state index contributed by atoms with van der Waals surface area (Å²) in [5.41, 5.74) is 0.597. The molecule has 0 unspecified atom stereocenters. The fourth-order valence-corrected chi connectivity index (χ4v) is 2.17. The minimum absolute atomic E-state index is 0.0685. The summed E-state index contributed by atoms with van der Waals surface area (Å²) in [5, 5.41) is 10.1. The number of carbonyl (C=O) groups excluding carboxylic acids is 1. The van der Waals surface area contributed by atoms with Crippen LogP contribution in [0.15, 0.2) is 53.0 Å². The lowest BCUT2D eigenvalue weighted by Gasteiger charge is -1.98. The largest absolute Gasteiger partial charge is 0.403 e. The molecule has 2 aromatic carbocycles. The summed E-state index contributed by atoms with van der Waals surface area (Å²) < 4.78 is 31.7. The second-order valence-electron chi connectivity index (χ2n) is 4.88. The maximum Gasteiger partial charge on any atom is 0.322 e. The summed E-state index contributed by atoms with van der Waals surface area (Å²) in [7, 11) is 0. The van der Waals surface area contributed by atoms with E-state index in [-0.39, 0.29) is 17.5 Å². The number of carbonyl (C=O) groups is 1. The van der Waals surface area contributed by atoms with Crippen LogP contribution in [-0.2, 0) is 4.79 Å². The van der Waals surface area contributed by atoms with E-state index in [1.165, 1.54) is 18.2 Å². The van der Waals surface area contributed by atoms with Crippen molar-refractivity contribution in [3.63, 3.8) is 0 Å². The van der Waals surface area contributed by atoms with Crippen LogP contribution in [0.3, 0.4) is 0 Å². The zero-order chi connectivity index (χ0) is 17.8. The highest BCUT2D eigenvalue weighted by molar-refractivity contribution is 6.32. The molecule has 1 N–H and O–H groups in total. The van der Waals surface area contributed by atoms with Gasteiger partial charge >= 0.3 is 6.01 Å². The van der Waals surface area contributed by atoms with Crippen molar-refractivity contribution in [2.75, 3.05) is 5.32 Å². The van der Waals surface area contributed by atoms with E-state index in [0.717, 1.165) is 6.07 Å². The molecule has 0 aliphatic heterocycles. The zero-order valence-corrected chi connectivity index (χ0v) is 13.3. The molecule has 0 radical (unpaired) electrons. The van der Waals surface area contributed by atoms with E-state index in [1.54, 1.807) is 24.3 Å². The molecule has 1 amide bonds. The molecule has 3 rings (SSSR count). The van der Waals surface area contributed by atoms with Gasteiger partial charge in [0.2, 0.25) is 0 Å². The third-order valence-corrected chi connectivity index (χ3v) is 3.48. The van der Waals surface area contributed by atoms with Crippen molar-refractivity contribution in [2.24, 2.45) is 0 Å². The number of amides is 1. The van der Waals surface area contributed by atoms with Gasteiger partial charge in [-0.25, -0.2) is 8.78 Å². The molecule has 0 saturated heterocycles. The standard InChI is InChI=1S/C17H10ClF2N3O2/c18-13-4-2-1-3-10(13)5-8-15(24)21-17-23-22-16(25-17)12-7-6-11(19)9-14(12)20/h1-9H,(H,21,23,24)/b8-5+. The van der Waals surface area contributed by atoms with Gasteiger partial charge in [-0.1, -0.05) is 34.9 Å². The van der Waals surface area contributed by atoms with Crippen LogP contribution in [-0.4, -0.2) is 16.1 Å². The molecular weight excluding hydrogens is 352 g/mol. The van der Waals surface area contributed by atoms with Gasteiger partial charge in [0.1, 0.15) is 11.6 Å². The van der Waals surface area contributed by atoms with E-state index in [0.29, 0.717) is 16.7 Å². The molecule has 0 atom stereocenters. The number of nitrogens with one attached hydrogen (secondary N) is 1. The number of anilines is 1. The van der Waals surface area contributed by atoms with Gasteiger partial charge in [-0.15, -0.1) is 5.10 Å². The van der Waals surface area contributed by atoms with Crippen LogP contribution in [0, 0.1) is 11.6 Å². The maximum absolute atomic E-state index is 13.7. The Morgan fingerprint density at radius 2 is 1.96 bits per heavy atom. The molecule has 25 heavy (non-hydrogen) atoms. The first-order valence-electron chi connectivity index (χ1n) is 7.05. The molecule has 1 heterocycles. The minimum Gasteiger partial charge on any atom is -0.403 e. The van der Waals surface area contributed by atoms with Crippen LogP contribution < -0.4 is 5.32 Å². The van der Waals surface area contributed by atoms with E-state index < -0.39 is 17.5 Å². The lowest BCUT2D eigenvalue weighted by molar-refractivity contribution is -0.112. The molecule has 3 aromatic rings. The van der Waals surface area contributed by atoms with Crippen molar-refractivity contribution in [3.8, 4) is 11.5 Å². The Kier molecular flexibility index (Phi) is 4.85. The van der Waals surface area contributed by atoms with Gasteiger partial charge in [0.15, 0.2) is 0 Å². The van der Waals surface area contributed by atoms with Gasteiger partial charge in [-0.3, -0.25) is 10.1 Å². The molecule has 126 valence electrons. The van der Waals surface area contributed by atoms with Crippen LogP contribution in [0.4, 0.5) is 14.8 Å². The number of nitrogens with zero attached hydrogens (tertiary/aromatic N) is 2. The van der Waals surface area contributed by atoms with E-state index in [1.807, 2.05) is 0 Å². The molecule has 8 heteroatoms. The molecule has 0 aliphatic rings. The van der Waals surface area contributed by atoms with Crippen molar-refractivity contribution in [2.45, 2.75) is 0 Å². The average Bonchev–Trinajstić information content (AvgIpc) is 3.02. The Morgan fingerprint density at radius 3 is 2.72 bits per heavy atom. The third-order valence-electron chi connectivity index (χ3n) is 3.14. The first-order chi connectivity index (χ1) is 12.0. The molecular formula is C17H10ClF2N3O2. The average molecular weight is 362 g/mol. The fourth-order valence-electron chi connectivity index (χ4n) is 1.97. The van der Waals surface area contributed by atoms with Crippen LogP contribution in [0.5, 0.6) is 0 Å². The smallest absolute Gasteiger partial charge is 0.322 e. The number of rotatable bonds is 4. The summed E-state index contributed by atoms with van der Waals surface area (Å²) in [6.07, 6.45) is 2.76. The van der Waals surface area contributed by atoms with Crippen LogP contribution in [0.2, 0.25) is 5.02 Å². The predicted octanol–water partition coefficient (Wildman–Crippen LogP) is 4.32. The summed E-state index contributed by atoms with van der Waals surface area (Å²) in [5.74, 6) is -2.28.